The number of halogens is 1. The first-order chi connectivity index (χ1) is 11.5. The average molecular weight is 329 g/mol. The Balaban J connectivity index is 1.87. The lowest BCUT2D eigenvalue weighted by atomic mass is 10.1. The molecule has 1 atom stereocenters. The van der Waals surface area contributed by atoms with Crippen LogP contribution in [0.15, 0.2) is 42.5 Å². The van der Waals surface area contributed by atoms with Crippen molar-refractivity contribution in [1.29, 1.82) is 0 Å². The highest BCUT2D eigenvalue weighted by molar-refractivity contribution is 5.98. The number of hydrogen-bond donors (Lipinski definition) is 0. The van der Waals surface area contributed by atoms with Gasteiger partial charge in [-0.1, -0.05) is 18.2 Å². The Kier molecular flexibility index (Phi) is 4.42. The van der Waals surface area contributed by atoms with Gasteiger partial charge in [-0.3, -0.25) is 4.79 Å². The number of amides is 1. The molecule has 2 aromatic rings. The smallest absolute Gasteiger partial charge is 0.268 e. The summed E-state index contributed by atoms with van der Waals surface area (Å²) in [5, 5.41) is 0. The lowest BCUT2D eigenvalue weighted by Crippen LogP contribution is -2.45. The van der Waals surface area contributed by atoms with Crippen LogP contribution in [0.4, 0.5) is 10.1 Å². The molecule has 1 amide bonds. The van der Waals surface area contributed by atoms with Crippen LogP contribution >= 0.6 is 0 Å². The zero-order valence-electron chi connectivity index (χ0n) is 14.0. The van der Waals surface area contributed by atoms with Crippen molar-refractivity contribution in [2.75, 3.05) is 12.0 Å². The number of ether oxygens (including phenoxy) is 2. The number of carbonyl (C=O) groups excluding carboxylic acids is 1. The summed E-state index contributed by atoms with van der Waals surface area (Å²) < 4.78 is 24.8. The topological polar surface area (TPSA) is 38.8 Å². The van der Waals surface area contributed by atoms with Crippen molar-refractivity contribution in [3.63, 3.8) is 0 Å². The van der Waals surface area contributed by atoms with Crippen molar-refractivity contribution in [3.8, 4) is 11.5 Å². The highest BCUT2D eigenvalue weighted by atomic mass is 19.1. The van der Waals surface area contributed by atoms with Crippen LogP contribution in [0.3, 0.4) is 0 Å². The minimum absolute atomic E-state index is 0.127. The van der Waals surface area contributed by atoms with E-state index in [4.69, 9.17) is 9.47 Å². The van der Waals surface area contributed by atoms with Crippen LogP contribution in [-0.4, -0.2) is 25.2 Å². The monoisotopic (exact) mass is 329 g/mol. The molecular formula is C19H20FNO3. The third-order valence-electron chi connectivity index (χ3n) is 4.09. The van der Waals surface area contributed by atoms with E-state index in [2.05, 4.69) is 0 Å². The van der Waals surface area contributed by atoms with E-state index in [0.717, 1.165) is 11.3 Å². The molecule has 0 N–H and O–H groups in total. The third kappa shape index (κ3) is 2.94. The number of rotatable bonds is 4. The molecule has 0 radical (unpaired) electrons. The first-order valence-corrected chi connectivity index (χ1v) is 7.92. The Morgan fingerprint density at radius 2 is 2.04 bits per heavy atom. The third-order valence-corrected chi connectivity index (χ3v) is 4.09. The van der Waals surface area contributed by atoms with Crippen molar-refractivity contribution in [3.05, 3.63) is 53.8 Å². The summed E-state index contributed by atoms with van der Waals surface area (Å²) in [4.78, 5) is 14.5. The molecule has 0 saturated heterocycles. The zero-order valence-corrected chi connectivity index (χ0v) is 14.0. The molecule has 0 fully saturated rings. The van der Waals surface area contributed by atoms with Crippen molar-refractivity contribution in [1.82, 2.24) is 0 Å². The van der Waals surface area contributed by atoms with E-state index in [1.54, 1.807) is 11.0 Å². The molecule has 5 heteroatoms. The Labute approximate surface area is 140 Å². The van der Waals surface area contributed by atoms with Crippen LogP contribution in [-0.2, 0) is 11.2 Å². The summed E-state index contributed by atoms with van der Waals surface area (Å²) in [6.07, 6.45) is -0.0633. The minimum Gasteiger partial charge on any atom is -0.494 e. The molecular weight excluding hydrogens is 309 g/mol. The number of methoxy groups -OCH3 is 1. The predicted octanol–water partition coefficient (Wildman–Crippen LogP) is 3.58. The van der Waals surface area contributed by atoms with Crippen molar-refractivity contribution in [2.24, 2.45) is 0 Å². The molecule has 0 bridgehead atoms. The van der Waals surface area contributed by atoms with Crippen molar-refractivity contribution < 1.29 is 18.7 Å². The van der Waals surface area contributed by atoms with Gasteiger partial charge in [0.05, 0.1) is 7.11 Å². The van der Waals surface area contributed by atoms with Crippen LogP contribution in [0.5, 0.6) is 11.5 Å². The summed E-state index contributed by atoms with van der Waals surface area (Å²) in [5.74, 6) is 0.217. The van der Waals surface area contributed by atoms with Gasteiger partial charge in [0.1, 0.15) is 5.75 Å². The molecule has 1 aliphatic rings. The largest absolute Gasteiger partial charge is 0.494 e. The molecule has 1 unspecified atom stereocenters. The molecule has 24 heavy (non-hydrogen) atoms. The maximum absolute atomic E-state index is 14.0. The van der Waals surface area contributed by atoms with Crippen molar-refractivity contribution in [2.45, 2.75) is 32.4 Å². The summed E-state index contributed by atoms with van der Waals surface area (Å²) in [6.45, 7) is 3.78. The second-order valence-corrected chi connectivity index (χ2v) is 6.04. The fraction of sp³-hybridized carbons (Fsp3) is 0.316. The minimum atomic E-state index is -0.588. The molecule has 0 aliphatic carbocycles. The van der Waals surface area contributed by atoms with E-state index in [0.29, 0.717) is 12.1 Å². The molecule has 1 heterocycles. The van der Waals surface area contributed by atoms with Gasteiger partial charge in [-0.15, -0.1) is 0 Å². The van der Waals surface area contributed by atoms with Gasteiger partial charge < -0.3 is 14.4 Å². The van der Waals surface area contributed by atoms with Gasteiger partial charge in [0.25, 0.3) is 5.91 Å². The standard InChI is InChI=1S/C19H20FNO3/c1-12(2)21(14-8-9-17(23-3)15(20)11-14)19(22)18-10-13-6-4-5-7-16(13)24-18/h4-9,11-12,18H,10H2,1-3H3. The van der Waals surface area contributed by atoms with Crippen LogP contribution in [0.25, 0.3) is 0 Å². The van der Waals surface area contributed by atoms with Gasteiger partial charge in [0.15, 0.2) is 17.7 Å². The Morgan fingerprint density at radius 1 is 1.29 bits per heavy atom. The van der Waals surface area contributed by atoms with E-state index in [1.165, 1.54) is 19.2 Å². The Morgan fingerprint density at radius 3 is 2.67 bits per heavy atom. The van der Waals surface area contributed by atoms with Gasteiger partial charge in [0, 0.05) is 24.2 Å². The van der Waals surface area contributed by atoms with Gasteiger partial charge in [0.2, 0.25) is 0 Å². The fourth-order valence-corrected chi connectivity index (χ4v) is 2.96. The number of carbonyl (C=O) groups is 1. The molecule has 0 spiro atoms. The molecule has 3 rings (SSSR count). The maximum atomic E-state index is 14.0. The normalized spacial score (nSPS) is 15.8. The van der Waals surface area contributed by atoms with Gasteiger partial charge in [-0.2, -0.15) is 0 Å². The number of nitrogens with zero attached hydrogens (tertiary/aromatic N) is 1. The van der Waals surface area contributed by atoms with Gasteiger partial charge in [-0.05, 0) is 37.6 Å². The molecule has 2 aromatic carbocycles. The molecule has 1 aliphatic heterocycles. The second kappa shape index (κ2) is 6.51. The van der Waals surface area contributed by atoms with Crippen molar-refractivity contribution >= 4 is 11.6 Å². The van der Waals surface area contributed by atoms with Crippen LogP contribution < -0.4 is 14.4 Å². The zero-order chi connectivity index (χ0) is 17.3. The number of benzene rings is 2. The number of para-hydroxylation sites is 1. The van der Waals surface area contributed by atoms with Crippen LogP contribution in [0, 0.1) is 5.82 Å². The lowest BCUT2D eigenvalue weighted by molar-refractivity contribution is -0.124. The summed E-state index contributed by atoms with van der Waals surface area (Å²) >= 11 is 0. The molecule has 4 nitrogen and oxygen atoms in total. The van der Waals surface area contributed by atoms with E-state index in [-0.39, 0.29) is 17.7 Å². The second-order valence-electron chi connectivity index (χ2n) is 6.04. The first-order valence-electron chi connectivity index (χ1n) is 7.92. The summed E-state index contributed by atoms with van der Waals surface area (Å²) in [7, 11) is 1.41. The molecule has 0 aromatic heterocycles. The number of fused-ring (bicyclic) bond motifs is 1. The highest BCUT2D eigenvalue weighted by Gasteiger charge is 2.34. The quantitative estimate of drug-likeness (QED) is 0.860. The predicted molar refractivity (Wildman–Crippen MR) is 90.1 cm³/mol. The highest BCUT2D eigenvalue weighted by Crippen LogP contribution is 2.31. The lowest BCUT2D eigenvalue weighted by Gasteiger charge is -2.29. The summed E-state index contributed by atoms with van der Waals surface area (Å²) in [6, 6.07) is 12.0. The SMILES string of the molecule is COc1ccc(N(C(=O)C2Cc3ccccc3O2)C(C)C)cc1F. The van der Waals surface area contributed by atoms with Gasteiger partial charge in [-0.25, -0.2) is 4.39 Å². The van der Waals surface area contributed by atoms with E-state index in [9.17, 15) is 9.18 Å². The Hall–Kier alpha value is -2.56. The number of hydrogen-bond acceptors (Lipinski definition) is 3. The summed E-state index contributed by atoms with van der Waals surface area (Å²) in [5.41, 5.74) is 1.51. The van der Waals surface area contributed by atoms with Crippen LogP contribution in [0.1, 0.15) is 19.4 Å². The van der Waals surface area contributed by atoms with E-state index >= 15 is 0 Å². The van der Waals surface area contributed by atoms with Gasteiger partial charge >= 0.3 is 0 Å². The average Bonchev–Trinajstić information content (AvgIpc) is 2.99. The number of anilines is 1. The Bertz CT molecular complexity index is 735. The molecule has 0 saturated carbocycles. The fourth-order valence-electron chi connectivity index (χ4n) is 2.96. The molecule has 126 valence electrons. The van der Waals surface area contributed by atoms with E-state index in [1.807, 2.05) is 38.1 Å². The maximum Gasteiger partial charge on any atom is 0.268 e. The van der Waals surface area contributed by atoms with Crippen LogP contribution in [0.2, 0.25) is 0 Å². The first kappa shape index (κ1) is 16.3. The van der Waals surface area contributed by atoms with E-state index < -0.39 is 11.9 Å².